The van der Waals surface area contributed by atoms with Gasteiger partial charge in [0, 0.05) is 38.1 Å². The summed E-state index contributed by atoms with van der Waals surface area (Å²) < 4.78 is 5.82. The molecule has 0 atom stereocenters. The summed E-state index contributed by atoms with van der Waals surface area (Å²) in [4.78, 5) is 13.4. The number of nitrogens with zero attached hydrogens (tertiary/aromatic N) is 4. The molecule has 1 aromatic carbocycles. The lowest BCUT2D eigenvalue weighted by Crippen LogP contribution is -2.34. The first kappa shape index (κ1) is 34.4. The van der Waals surface area contributed by atoms with Gasteiger partial charge in [0.15, 0.2) is 0 Å². The van der Waals surface area contributed by atoms with Crippen molar-refractivity contribution in [3.05, 3.63) is 59.2 Å². The maximum atomic E-state index is 5.82. The van der Waals surface area contributed by atoms with Gasteiger partial charge in [-0.3, -0.25) is 0 Å². The van der Waals surface area contributed by atoms with E-state index in [1.54, 1.807) is 0 Å². The smallest absolute Gasteiger partial charge is 0.129 e. The number of anilines is 1. The Balaban J connectivity index is 0.000000371. The van der Waals surface area contributed by atoms with Gasteiger partial charge in [-0.2, -0.15) is 0 Å². The number of aromatic nitrogens is 2. The van der Waals surface area contributed by atoms with Gasteiger partial charge in [-0.05, 0) is 103 Å². The lowest BCUT2D eigenvalue weighted by atomic mass is 9.96. The molecular weight excluding hydrogens is 482 g/mol. The van der Waals surface area contributed by atoms with E-state index in [0.29, 0.717) is 0 Å². The Morgan fingerprint density at radius 3 is 2.46 bits per heavy atom. The van der Waals surface area contributed by atoms with Crippen LogP contribution < -0.4 is 10.1 Å². The van der Waals surface area contributed by atoms with Gasteiger partial charge in [0.2, 0.25) is 0 Å². The van der Waals surface area contributed by atoms with Crippen molar-refractivity contribution in [1.82, 2.24) is 19.8 Å². The first-order chi connectivity index (χ1) is 18.8. The molecule has 1 fully saturated rings. The molecule has 0 amide bonds. The highest BCUT2D eigenvalue weighted by atomic mass is 16.5. The summed E-state index contributed by atoms with van der Waals surface area (Å²) >= 11 is 0. The second kappa shape index (κ2) is 20.3. The van der Waals surface area contributed by atoms with Gasteiger partial charge < -0.3 is 19.9 Å². The zero-order chi connectivity index (χ0) is 29.0. The van der Waals surface area contributed by atoms with Crippen LogP contribution >= 0.6 is 0 Å². The molecule has 1 N–H and O–H groups in total. The van der Waals surface area contributed by atoms with Gasteiger partial charge in [0.05, 0.1) is 6.61 Å². The van der Waals surface area contributed by atoms with Crippen LogP contribution in [0.2, 0.25) is 0 Å². The Bertz CT molecular complexity index is 937. The maximum absolute atomic E-state index is 5.82. The van der Waals surface area contributed by atoms with Crippen LogP contribution in [0.5, 0.6) is 5.75 Å². The Kier molecular flexibility index (Phi) is 17.9. The highest BCUT2D eigenvalue weighted by Crippen LogP contribution is 2.21. The molecule has 0 bridgehead atoms. The van der Waals surface area contributed by atoms with E-state index in [9.17, 15) is 0 Å². The topological polar surface area (TPSA) is 53.5 Å². The van der Waals surface area contributed by atoms with Crippen molar-refractivity contribution in [3.8, 4) is 5.75 Å². The van der Waals surface area contributed by atoms with Crippen molar-refractivity contribution in [2.24, 2.45) is 5.92 Å². The van der Waals surface area contributed by atoms with Crippen molar-refractivity contribution in [2.45, 2.75) is 87.5 Å². The summed E-state index contributed by atoms with van der Waals surface area (Å²) in [5.74, 6) is 3.55. The number of nitrogens with one attached hydrogen (secondary N) is 1. The predicted molar refractivity (Wildman–Crippen MR) is 169 cm³/mol. The molecule has 1 aromatic heterocycles. The number of likely N-dealkylation sites (tertiary alicyclic amines) is 1. The molecule has 0 spiro atoms. The third-order valence-electron chi connectivity index (χ3n) is 6.85. The van der Waals surface area contributed by atoms with E-state index < -0.39 is 0 Å². The quantitative estimate of drug-likeness (QED) is 0.279. The molecule has 0 saturated carbocycles. The lowest BCUT2D eigenvalue weighted by molar-refractivity contribution is 0.233. The summed E-state index contributed by atoms with van der Waals surface area (Å²) in [7, 11) is 2.17. The normalized spacial score (nSPS) is 13.8. The fraction of sp³-hybridized carbons (Fsp3) is 0.636. The standard InChI is InChI=1S/C16H26N4.C15H25NO.C2H6/c1-4-5-13(2)20-10-7-15(8-11-20)12-18-16-6-9-17-14(3)19-16;1-5-9-16(4)10-6-11-17-15-12-13(2)7-8-14(15)3;1-2/h5-6,9,15H,4,7-8,10-12H2,1-3H3,(H,17,18,19);7-8,12H,5-6,9-11H2,1-4H3;1-2H3/b13-5+;;. The molecule has 220 valence electrons. The molecule has 2 heterocycles. The van der Waals surface area contributed by atoms with Crippen LogP contribution in [-0.4, -0.2) is 66.1 Å². The first-order valence-corrected chi connectivity index (χ1v) is 15.2. The highest BCUT2D eigenvalue weighted by Gasteiger charge is 2.19. The molecule has 6 heteroatoms. The van der Waals surface area contributed by atoms with Crippen molar-refractivity contribution < 1.29 is 4.74 Å². The number of rotatable bonds is 12. The van der Waals surface area contributed by atoms with Crippen LogP contribution in [0.1, 0.15) is 83.7 Å². The molecule has 2 aromatic rings. The highest BCUT2D eigenvalue weighted by molar-refractivity contribution is 5.36. The van der Waals surface area contributed by atoms with E-state index in [1.807, 2.05) is 33.0 Å². The molecule has 6 nitrogen and oxygen atoms in total. The van der Waals surface area contributed by atoms with E-state index in [2.05, 4.69) is 91.0 Å². The van der Waals surface area contributed by atoms with Crippen molar-refractivity contribution in [2.75, 3.05) is 51.7 Å². The number of aryl methyl sites for hydroxylation is 3. The molecule has 1 aliphatic rings. The lowest BCUT2D eigenvalue weighted by Gasteiger charge is -2.34. The summed E-state index contributed by atoms with van der Waals surface area (Å²) in [6.45, 7) is 23.2. The molecule has 1 saturated heterocycles. The number of hydrogen-bond acceptors (Lipinski definition) is 6. The second-order valence-corrected chi connectivity index (χ2v) is 10.3. The van der Waals surface area contributed by atoms with E-state index in [4.69, 9.17) is 4.74 Å². The van der Waals surface area contributed by atoms with E-state index in [1.165, 1.54) is 55.7 Å². The van der Waals surface area contributed by atoms with Gasteiger partial charge in [0.25, 0.3) is 0 Å². The van der Waals surface area contributed by atoms with Gasteiger partial charge in [-0.25, -0.2) is 9.97 Å². The third-order valence-corrected chi connectivity index (χ3v) is 6.85. The Morgan fingerprint density at radius 2 is 1.82 bits per heavy atom. The van der Waals surface area contributed by atoms with Crippen molar-refractivity contribution in [3.63, 3.8) is 0 Å². The second-order valence-electron chi connectivity index (χ2n) is 10.3. The average Bonchev–Trinajstić information content (AvgIpc) is 2.94. The zero-order valence-electron chi connectivity index (χ0n) is 26.5. The Labute approximate surface area is 240 Å². The summed E-state index contributed by atoms with van der Waals surface area (Å²) in [6, 6.07) is 8.30. The third kappa shape index (κ3) is 14.4. The summed E-state index contributed by atoms with van der Waals surface area (Å²) in [5.41, 5.74) is 3.91. The Hall–Kier alpha value is -2.60. The number of hydrogen-bond donors (Lipinski definition) is 1. The monoisotopic (exact) mass is 539 g/mol. The predicted octanol–water partition coefficient (Wildman–Crippen LogP) is 7.66. The Morgan fingerprint density at radius 1 is 1.10 bits per heavy atom. The molecule has 39 heavy (non-hydrogen) atoms. The fourth-order valence-electron chi connectivity index (χ4n) is 4.59. The largest absolute Gasteiger partial charge is 0.493 e. The fourth-order valence-corrected chi connectivity index (χ4v) is 4.59. The van der Waals surface area contributed by atoms with Gasteiger partial charge in [-0.15, -0.1) is 0 Å². The molecule has 0 radical (unpaired) electrons. The zero-order valence-corrected chi connectivity index (χ0v) is 26.5. The minimum Gasteiger partial charge on any atom is -0.493 e. The van der Waals surface area contributed by atoms with Crippen molar-refractivity contribution >= 4 is 5.82 Å². The van der Waals surface area contributed by atoms with Crippen LogP contribution in [0.3, 0.4) is 0 Å². The molecule has 1 aliphatic heterocycles. The maximum Gasteiger partial charge on any atom is 0.129 e. The minimum absolute atomic E-state index is 0.746. The van der Waals surface area contributed by atoms with E-state index >= 15 is 0 Å². The summed E-state index contributed by atoms with van der Waals surface area (Å²) in [5, 5.41) is 3.44. The SMILES string of the molecule is CC.CC/C=C(\C)N1CCC(CNc2ccnc(C)n2)CC1.CCCN(C)CCCOc1cc(C)ccc1C. The van der Waals surface area contributed by atoms with Crippen LogP contribution in [0.25, 0.3) is 0 Å². The molecule has 0 unspecified atom stereocenters. The minimum atomic E-state index is 0.746. The van der Waals surface area contributed by atoms with Crippen molar-refractivity contribution in [1.29, 1.82) is 0 Å². The van der Waals surface area contributed by atoms with Crippen LogP contribution in [0.4, 0.5) is 5.82 Å². The van der Waals surface area contributed by atoms with Gasteiger partial charge in [0.1, 0.15) is 17.4 Å². The molecule has 3 rings (SSSR count). The van der Waals surface area contributed by atoms with Crippen LogP contribution in [0.15, 0.2) is 42.2 Å². The molecule has 0 aliphatic carbocycles. The first-order valence-electron chi connectivity index (χ1n) is 15.2. The van der Waals surface area contributed by atoms with E-state index in [0.717, 1.165) is 55.8 Å². The average molecular weight is 540 g/mol. The summed E-state index contributed by atoms with van der Waals surface area (Å²) in [6.07, 6.45) is 10.1. The van der Waals surface area contributed by atoms with Gasteiger partial charge in [-0.1, -0.05) is 45.9 Å². The van der Waals surface area contributed by atoms with Crippen LogP contribution in [-0.2, 0) is 0 Å². The number of allylic oxidation sites excluding steroid dienone is 2. The number of benzene rings is 1. The number of ether oxygens (including phenoxy) is 1. The molecular formula is C33H57N5O. The number of piperidine rings is 1. The van der Waals surface area contributed by atoms with Gasteiger partial charge >= 0.3 is 0 Å². The van der Waals surface area contributed by atoms with E-state index in [-0.39, 0.29) is 0 Å². The van der Waals surface area contributed by atoms with Crippen LogP contribution in [0, 0.1) is 26.7 Å².